The van der Waals surface area contributed by atoms with Gasteiger partial charge in [-0.15, -0.1) is 0 Å². The van der Waals surface area contributed by atoms with Crippen LogP contribution >= 0.6 is 0 Å². The molecular weight excluding hydrogens is 140 g/mol. The summed E-state index contributed by atoms with van der Waals surface area (Å²) >= 11 is 0. The maximum atomic E-state index is 5.56. The van der Waals surface area contributed by atoms with E-state index in [0.717, 1.165) is 5.76 Å². The Labute approximate surface area is 66.8 Å². The molecule has 1 atom stereocenters. The van der Waals surface area contributed by atoms with Crippen LogP contribution in [0.1, 0.15) is 11.8 Å². The lowest BCUT2D eigenvalue weighted by Gasteiger charge is -2.19. The molecule has 0 bridgehead atoms. The van der Waals surface area contributed by atoms with Crippen molar-refractivity contribution < 1.29 is 4.42 Å². The van der Waals surface area contributed by atoms with Gasteiger partial charge in [0.2, 0.25) is 0 Å². The highest BCUT2D eigenvalue weighted by atomic mass is 16.3. The summed E-state index contributed by atoms with van der Waals surface area (Å²) < 4.78 is 5.23. The minimum absolute atomic E-state index is 0.199. The predicted octanol–water partition coefficient (Wildman–Crippen LogP) is 0.841. The van der Waals surface area contributed by atoms with Crippen molar-refractivity contribution in [3.05, 3.63) is 24.2 Å². The first-order chi connectivity index (χ1) is 5.25. The number of hydrogen-bond acceptors (Lipinski definition) is 3. The van der Waals surface area contributed by atoms with Gasteiger partial charge >= 0.3 is 0 Å². The largest absolute Gasteiger partial charge is 0.468 e. The van der Waals surface area contributed by atoms with Crippen molar-refractivity contribution in [1.29, 1.82) is 0 Å². The molecule has 1 rings (SSSR count). The molecule has 0 saturated carbocycles. The molecule has 0 unspecified atom stereocenters. The zero-order valence-electron chi connectivity index (χ0n) is 6.95. The Balaban J connectivity index is 2.71. The third-order valence-electron chi connectivity index (χ3n) is 1.72. The zero-order valence-corrected chi connectivity index (χ0v) is 6.95. The van der Waals surface area contributed by atoms with Crippen molar-refractivity contribution in [1.82, 2.24) is 4.90 Å². The Hall–Kier alpha value is -0.800. The molecule has 0 spiro atoms. The van der Waals surface area contributed by atoms with Crippen LogP contribution in [0.5, 0.6) is 0 Å². The number of nitrogens with two attached hydrogens (primary N) is 1. The molecule has 0 aliphatic heterocycles. The molecule has 0 fully saturated rings. The Kier molecular flexibility index (Phi) is 2.68. The topological polar surface area (TPSA) is 42.4 Å². The predicted molar refractivity (Wildman–Crippen MR) is 44.2 cm³/mol. The zero-order chi connectivity index (χ0) is 8.27. The van der Waals surface area contributed by atoms with Crippen LogP contribution in [0.15, 0.2) is 22.8 Å². The highest BCUT2D eigenvalue weighted by Gasteiger charge is 2.13. The maximum Gasteiger partial charge on any atom is 0.122 e. The van der Waals surface area contributed by atoms with E-state index in [1.54, 1.807) is 6.26 Å². The number of nitrogens with zero attached hydrogens (tertiary/aromatic N) is 1. The van der Waals surface area contributed by atoms with Crippen LogP contribution in [-0.4, -0.2) is 25.5 Å². The van der Waals surface area contributed by atoms with Crippen LogP contribution in [-0.2, 0) is 0 Å². The molecule has 0 aliphatic carbocycles. The molecule has 2 N–H and O–H groups in total. The number of likely N-dealkylation sites (N-methyl/N-ethyl adjacent to an activating group) is 1. The molecule has 3 heteroatoms. The fourth-order valence-electron chi connectivity index (χ4n) is 1.06. The molecule has 11 heavy (non-hydrogen) atoms. The lowest BCUT2D eigenvalue weighted by atomic mass is 10.2. The fraction of sp³-hybridized carbons (Fsp3) is 0.500. The summed E-state index contributed by atoms with van der Waals surface area (Å²) in [5.74, 6) is 0.928. The van der Waals surface area contributed by atoms with Gasteiger partial charge in [0, 0.05) is 6.54 Å². The molecule has 62 valence electrons. The highest BCUT2D eigenvalue weighted by molar-refractivity contribution is 5.04. The van der Waals surface area contributed by atoms with E-state index >= 15 is 0 Å². The molecule has 0 aromatic carbocycles. The summed E-state index contributed by atoms with van der Waals surface area (Å²) in [5.41, 5.74) is 5.56. The van der Waals surface area contributed by atoms with Crippen LogP contribution < -0.4 is 5.73 Å². The monoisotopic (exact) mass is 154 g/mol. The Bertz CT molecular complexity index is 194. The first-order valence-electron chi connectivity index (χ1n) is 3.65. The molecule has 0 amide bonds. The minimum Gasteiger partial charge on any atom is -0.468 e. The SMILES string of the molecule is CN(C)[C@@H](CN)c1ccco1. The van der Waals surface area contributed by atoms with Gasteiger partial charge in [0.05, 0.1) is 12.3 Å². The van der Waals surface area contributed by atoms with Crippen molar-refractivity contribution in [2.24, 2.45) is 5.73 Å². The minimum atomic E-state index is 0.199. The lowest BCUT2D eigenvalue weighted by molar-refractivity contribution is 0.264. The average molecular weight is 154 g/mol. The van der Waals surface area contributed by atoms with Gasteiger partial charge in [-0.25, -0.2) is 0 Å². The standard InChI is InChI=1S/C8H14N2O/c1-10(2)7(6-9)8-4-3-5-11-8/h3-5,7H,6,9H2,1-2H3/t7-/m0/s1. The highest BCUT2D eigenvalue weighted by Crippen LogP contribution is 2.16. The molecule has 1 heterocycles. The van der Waals surface area contributed by atoms with E-state index in [-0.39, 0.29) is 6.04 Å². The molecule has 0 aliphatic rings. The van der Waals surface area contributed by atoms with Gasteiger partial charge in [-0.05, 0) is 26.2 Å². The van der Waals surface area contributed by atoms with Gasteiger partial charge < -0.3 is 10.2 Å². The van der Waals surface area contributed by atoms with E-state index in [4.69, 9.17) is 10.2 Å². The Morgan fingerprint density at radius 1 is 1.64 bits per heavy atom. The smallest absolute Gasteiger partial charge is 0.122 e. The summed E-state index contributed by atoms with van der Waals surface area (Å²) in [6.45, 7) is 0.584. The summed E-state index contributed by atoms with van der Waals surface area (Å²) in [6.07, 6.45) is 1.67. The van der Waals surface area contributed by atoms with E-state index < -0.39 is 0 Å². The van der Waals surface area contributed by atoms with Crippen molar-refractivity contribution in [3.8, 4) is 0 Å². The fourth-order valence-corrected chi connectivity index (χ4v) is 1.06. The van der Waals surface area contributed by atoms with E-state index in [1.807, 2.05) is 31.1 Å². The van der Waals surface area contributed by atoms with E-state index in [9.17, 15) is 0 Å². The third-order valence-corrected chi connectivity index (χ3v) is 1.72. The van der Waals surface area contributed by atoms with Gasteiger partial charge in [0.1, 0.15) is 5.76 Å². The quantitative estimate of drug-likeness (QED) is 0.701. The van der Waals surface area contributed by atoms with Crippen LogP contribution in [0.4, 0.5) is 0 Å². The molecule has 0 radical (unpaired) electrons. The van der Waals surface area contributed by atoms with Gasteiger partial charge in [0.15, 0.2) is 0 Å². The molecular formula is C8H14N2O. The molecule has 0 saturated heterocycles. The lowest BCUT2D eigenvalue weighted by Crippen LogP contribution is -2.26. The van der Waals surface area contributed by atoms with E-state index in [0.29, 0.717) is 6.54 Å². The van der Waals surface area contributed by atoms with Crippen LogP contribution in [0.3, 0.4) is 0 Å². The average Bonchev–Trinajstić information content (AvgIpc) is 2.40. The molecule has 3 nitrogen and oxygen atoms in total. The number of rotatable bonds is 3. The van der Waals surface area contributed by atoms with Crippen molar-refractivity contribution in [2.45, 2.75) is 6.04 Å². The Morgan fingerprint density at radius 3 is 2.73 bits per heavy atom. The second-order valence-electron chi connectivity index (χ2n) is 2.73. The first kappa shape index (κ1) is 8.30. The second kappa shape index (κ2) is 3.55. The third kappa shape index (κ3) is 1.82. The summed E-state index contributed by atoms with van der Waals surface area (Å²) in [6, 6.07) is 4.02. The van der Waals surface area contributed by atoms with Crippen molar-refractivity contribution in [3.63, 3.8) is 0 Å². The van der Waals surface area contributed by atoms with Crippen LogP contribution in [0.2, 0.25) is 0 Å². The van der Waals surface area contributed by atoms with Crippen molar-refractivity contribution >= 4 is 0 Å². The summed E-state index contributed by atoms with van der Waals surface area (Å²) in [7, 11) is 3.97. The van der Waals surface area contributed by atoms with Crippen LogP contribution in [0, 0.1) is 0 Å². The van der Waals surface area contributed by atoms with E-state index in [1.165, 1.54) is 0 Å². The van der Waals surface area contributed by atoms with Gasteiger partial charge in [-0.3, -0.25) is 4.90 Å². The number of furan rings is 1. The van der Waals surface area contributed by atoms with Gasteiger partial charge in [0.25, 0.3) is 0 Å². The van der Waals surface area contributed by atoms with Gasteiger partial charge in [-0.2, -0.15) is 0 Å². The van der Waals surface area contributed by atoms with Crippen molar-refractivity contribution in [2.75, 3.05) is 20.6 Å². The summed E-state index contributed by atoms with van der Waals surface area (Å²) in [4.78, 5) is 2.04. The second-order valence-corrected chi connectivity index (χ2v) is 2.73. The molecule has 1 aromatic rings. The Morgan fingerprint density at radius 2 is 2.36 bits per heavy atom. The summed E-state index contributed by atoms with van der Waals surface area (Å²) in [5, 5.41) is 0. The number of hydrogen-bond donors (Lipinski definition) is 1. The first-order valence-corrected chi connectivity index (χ1v) is 3.65. The van der Waals surface area contributed by atoms with Gasteiger partial charge in [-0.1, -0.05) is 0 Å². The normalized spacial score (nSPS) is 13.8. The molecule has 1 aromatic heterocycles. The van der Waals surface area contributed by atoms with Crippen LogP contribution in [0.25, 0.3) is 0 Å². The maximum absolute atomic E-state index is 5.56. The van der Waals surface area contributed by atoms with E-state index in [2.05, 4.69) is 0 Å².